The number of aromatic nitrogens is 2. The Morgan fingerprint density at radius 3 is 2.48 bits per heavy atom. The summed E-state index contributed by atoms with van der Waals surface area (Å²) in [6.45, 7) is 11.1. The minimum atomic E-state index is -0.0510. The lowest BCUT2D eigenvalue weighted by Gasteiger charge is -2.23. The first-order valence-electron chi connectivity index (χ1n) is 10.9. The Bertz CT molecular complexity index is 863. The maximum Gasteiger partial charge on any atom is 0.251 e. The van der Waals surface area contributed by atoms with E-state index in [1.54, 1.807) is 11.8 Å². The summed E-state index contributed by atoms with van der Waals surface area (Å²) in [6.07, 6.45) is 1.07. The molecule has 1 heterocycles. The molecular formula is C24H37N5OS. The summed E-state index contributed by atoms with van der Waals surface area (Å²) in [5.41, 5.74) is 2.75. The number of nitrogens with one attached hydrogen (secondary N) is 1. The predicted molar refractivity (Wildman–Crippen MR) is 131 cm³/mol. The van der Waals surface area contributed by atoms with Crippen LogP contribution in [0.25, 0.3) is 0 Å². The lowest BCUT2D eigenvalue weighted by Crippen LogP contribution is -2.31. The van der Waals surface area contributed by atoms with Gasteiger partial charge >= 0.3 is 0 Å². The van der Waals surface area contributed by atoms with Crippen molar-refractivity contribution in [2.24, 2.45) is 0 Å². The van der Waals surface area contributed by atoms with Crippen LogP contribution < -0.4 is 10.2 Å². The molecule has 1 aromatic carbocycles. The van der Waals surface area contributed by atoms with Gasteiger partial charge in [0.15, 0.2) is 5.16 Å². The first-order chi connectivity index (χ1) is 14.6. The first-order valence-corrected chi connectivity index (χ1v) is 11.8. The molecule has 170 valence electrons. The Kier molecular flexibility index (Phi) is 9.32. The van der Waals surface area contributed by atoms with Crippen LogP contribution in [0.1, 0.15) is 55.7 Å². The Hall–Kier alpha value is -2.12. The molecule has 0 aliphatic heterocycles. The van der Waals surface area contributed by atoms with Gasteiger partial charge in [-0.1, -0.05) is 51.6 Å². The fraction of sp³-hybridized carbons (Fsp3) is 0.542. The molecule has 0 unspecified atom stereocenters. The zero-order valence-corrected chi connectivity index (χ0v) is 20.8. The van der Waals surface area contributed by atoms with Crippen molar-refractivity contribution in [3.05, 3.63) is 47.2 Å². The molecule has 2 aromatic rings. The number of rotatable bonds is 10. The second kappa shape index (κ2) is 11.5. The summed E-state index contributed by atoms with van der Waals surface area (Å²) in [5, 5.41) is 3.74. The maximum absolute atomic E-state index is 12.4. The number of thioether (sulfide) groups is 1. The third-order valence-electron chi connectivity index (χ3n) is 4.81. The Labute approximate surface area is 191 Å². The summed E-state index contributed by atoms with van der Waals surface area (Å²) in [6, 6.07) is 9.88. The smallest absolute Gasteiger partial charge is 0.251 e. The number of anilines is 1. The van der Waals surface area contributed by atoms with Crippen molar-refractivity contribution in [2.75, 3.05) is 45.7 Å². The lowest BCUT2D eigenvalue weighted by atomic mass is 9.92. The quantitative estimate of drug-likeness (QED) is 0.439. The van der Waals surface area contributed by atoms with Gasteiger partial charge in [0.05, 0.1) is 5.69 Å². The molecule has 0 bridgehead atoms. The minimum absolute atomic E-state index is 0.0387. The molecule has 0 spiro atoms. The van der Waals surface area contributed by atoms with E-state index in [4.69, 9.17) is 9.97 Å². The maximum atomic E-state index is 12.4. The molecule has 6 nitrogen and oxygen atoms in total. The standard InChI is InChI=1S/C24H37N5OS/c1-8-13-29(7)21-16-20(24(2,3)4)26-23(27-21)31-17-18-10-9-11-19(15-18)22(30)25-12-14-28(5)6/h9-11,15-16H,8,12-14,17H2,1-7H3,(H,25,30). The van der Waals surface area contributed by atoms with Crippen LogP contribution in [0.2, 0.25) is 0 Å². The Morgan fingerprint density at radius 1 is 1.10 bits per heavy atom. The molecule has 0 aliphatic carbocycles. The van der Waals surface area contributed by atoms with Crippen molar-refractivity contribution in [1.82, 2.24) is 20.2 Å². The van der Waals surface area contributed by atoms with Gasteiger partial charge in [0.1, 0.15) is 5.82 Å². The van der Waals surface area contributed by atoms with Crippen molar-refractivity contribution < 1.29 is 4.79 Å². The molecular weight excluding hydrogens is 406 g/mol. The lowest BCUT2D eigenvalue weighted by molar-refractivity contribution is 0.0951. The van der Waals surface area contributed by atoms with Crippen LogP contribution in [-0.4, -0.2) is 61.6 Å². The van der Waals surface area contributed by atoms with E-state index >= 15 is 0 Å². The molecule has 1 amide bonds. The van der Waals surface area contributed by atoms with Crippen LogP contribution in [0, 0.1) is 0 Å². The van der Waals surface area contributed by atoms with Gasteiger partial charge in [-0.05, 0) is 38.2 Å². The fourth-order valence-electron chi connectivity index (χ4n) is 2.95. The molecule has 2 rings (SSSR count). The van der Waals surface area contributed by atoms with Gasteiger partial charge in [-0.2, -0.15) is 0 Å². The van der Waals surface area contributed by atoms with E-state index in [1.807, 2.05) is 43.3 Å². The normalized spacial score (nSPS) is 11.6. The van der Waals surface area contributed by atoms with Gasteiger partial charge < -0.3 is 15.1 Å². The Morgan fingerprint density at radius 2 is 1.84 bits per heavy atom. The van der Waals surface area contributed by atoms with E-state index in [1.165, 1.54) is 0 Å². The van der Waals surface area contributed by atoms with E-state index in [9.17, 15) is 4.79 Å². The highest BCUT2D eigenvalue weighted by molar-refractivity contribution is 7.98. The summed E-state index contributed by atoms with van der Waals surface area (Å²) >= 11 is 1.61. The first kappa shape index (κ1) is 25.1. The van der Waals surface area contributed by atoms with Crippen LogP contribution in [0.4, 0.5) is 5.82 Å². The third kappa shape index (κ3) is 8.15. The molecule has 1 aromatic heterocycles. The number of benzene rings is 1. The highest BCUT2D eigenvalue weighted by Crippen LogP contribution is 2.28. The summed E-state index contributed by atoms with van der Waals surface area (Å²) < 4.78 is 0. The average molecular weight is 444 g/mol. The number of hydrogen-bond acceptors (Lipinski definition) is 6. The number of carbonyl (C=O) groups is 1. The molecule has 0 saturated heterocycles. The van der Waals surface area contributed by atoms with Gasteiger partial charge in [0.2, 0.25) is 0 Å². The highest BCUT2D eigenvalue weighted by Gasteiger charge is 2.19. The van der Waals surface area contributed by atoms with E-state index in [0.29, 0.717) is 17.9 Å². The van der Waals surface area contributed by atoms with E-state index < -0.39 is 0 Å². The second-order valence-corrected chi connectivity index (χ2v) is 10.1. The SMILES string of the molecule is CCCN(C)c1cc(C(C)(C)C)nc(SCc2cccc(C(=O)NCCN(C)C)c2)n1. The number of hydrogen-bond donors (Lipinski definition) is 1. The molecule has 31 heavy (non-hydrogen) atoms. The van der Waals surface area contributed by atoms with Gasteiger partial charge in [0, 0.05) is 49.5 Å². The van der Waals surface area contributed by atoms with Crippen LogP contribution in [0.15, 0.2) is 35.5 Å². The molecule has 1 N–H and O–H groups in total. The Balaban J connectivity index is 2.13. The van der Waals surface area contributed by atoms with Gasteiger partial charge in [-0.15, -0.1) is 0 Å². The molecule has 0 atom stereocenters. The van der Waals surface area contributed by atoms with Crippen LogP contribution >= 0.6 is 11.8 Å². The largest absolute Gasteiger partial charge is 0.360 e. The minimum Gasteiger partial charge on any atom is -0.360 e. The summed E-state index contributed by atoms with van der Waals surface area (Å²) in [5.74, 6) is 1.63. The number of likely N-dealkylation sites (N-methyl/N-ethyl adjacent to an activating group) is 1. The third-order valence-corrected chi connectivity index (χ3v) is 5.73. The molecule has 0 fully saturated rings. The van der Waals surface area contributed by atoms with Crippen molar-refractivity contribution in [3.63, 3.8) is 0 Å². The topological polar surface area (TPSA) is 61.4 Å². The average Bonchev–Trinajstić information content (AvgIpc) is 2.71. The van der Waals surface area contributed by atoms with E-state index in [0.717, 1.165) is 41.7 Å². The second-order valence-electron chi connectivity index (χ2n) is 9.11. The zero-order chi connectivity index (χ0) is 23.0. The number of carbonyl (C=O) groups excluding carboxylic acids is 1. The van der Waals surface area contributed by atoms with Crippen molar-refractivity contribution in [2.45, 2.75) is 50.4 Å². The zero-order valence-electron chi connectivity index (χ0n) is 20.0. The summed E-state index contributed by atoms with van der Waals surface area (Å²) in [4.78, 5) is 26.3. The molecule has 0 radical (unpaired) electrons. The molecule has 0 aliphatic rings. The van der Waals surface area contributed by atoms with Gasteiger partial charge in [0.25, 0.3) is 5.91 Å². The van der Waals surface area contributed by atoms with E-state index in [2.05, 4.69) is 51.0 Å². The monoisotopic (exact) mass is 443 g/mol. The van der Waals surface area contributed by atoms with Crippen LogP contribution in [0.3, 0.4) is 0 Å². The van der Waals surface area contributed by atoms with Crippen LogP contribution in [-0.2, 0) is 11.2 Å². The van der Waals surface area contributed by atoms with Gasteiger partial charge in [-0.3, -0.25) is 4.79 Å². The van der Waals surface area contributed by atoms with Crippen molar-refractivity contribution in [3.8, 4) is 0 Å². The summed E-state index contributed by atoms with van der Waals surface area (Å²) in [7, 11) is 6.06. The molecule has 0 saturated carbocycles. The highest BCUT2D eigenvalue weighted by atomic mass is 32.2. The number of amides is 1. The predicted octanol–water partition coefficient (Wildman–Crippen LogP) is 4.20. The number of nitrogens with zero attached hydrogens (tertiary/aromatic N) is 4. The molecule has 7 heteroatoms. The van der Waals surface area contributed by atoms with Crippen LogP contribution in [0.5, 0.6) is 0 Å². The van der Waals surface area contributed by atoms with E-state index in [-0.39, 0.29) is 11.3 Å². The van der Waals surface area contributed by atoms with Gasteiger partial charge in [-0.25, -0.2) is 9.97 Å². The fourth-order valence-corrected chi connectivity index (χ4v) is 3.75. The van der Waals surface area contributed by atoms with Crippen molar-refractivity contribution in [1.29, 1.82) is 0 Å². The van der Waals surface area contributed by atoms with Crippen molar-refractivity contribution >= 4 is 23.5 Å².